The van der Waals surface area contributed by atoms with Crippen LogP contribution in [0.1, 0.15) is 34.9 Å². The predicted molar refractivity (Wildman–Crippen MR) is 119 cm³/mol. The standard InChI is InChI=1S/C24H28N4O3/c1-18(19-7-4-3-5-8-19)25-24(29)22-17-31-23(26-22)16-27-11-13-28(14-12-27)20-9-6-10-21(15-20)30-2/h3-10,15,17-18H,11-14,16H2,1-2H3,(H,25,29). The van der Waals surface area contributed by atoms with Crippen molar-refractivity contribution >= 4 is 11.6 Å². The number of aromatic nitrogens is 1. The number of nitrogens with one attached hydrogen (secondary N) is 1. The van der Waals surface area contributed by atoms with Gasteiger partial charge in [-0.3, -0.25) is 9.69 Å². The first-order chi connectivity index (χ1) is 15.1. The maximum atomic E-state index is 12.5. The van der Waals surface area contributed by atoms with Gasteiger partial charge in [-0.15, -0.1) is 0 Å². The summed E-state index contributed by atoms with van der Waals surface area (Å²) >= 11 is 0. The number of methoxy groups -OCH3 is 1. The highest BCUT2D eigenvalue weighted by molar-refractivity contribution is 5.92. The van der Waals surface area contributed by atoms with E-state index in [1.807, 2.05) is 49.4 Å². The second-order valence-corrected chi connectivity index (χ2v) is 7.70. The fourth-order valence-corrected chi connectivity index (χ4v) is 3.75. The molecule has 4 rings (SSSR count). The zero-order chi connectivity index (χ0) is 21.6. The Hall–Kier alpha value is -3.32. The highest BCUT2D eigenvalue weighted by atomic mass is 16.5. The van der Waals surface area contributed by atoms with Crippen molar-refractivity contribution in [3.63, 3.8) is 0 Å². The Morgan fingerprint density at radius 3 is 2.65 bits per heavy atom. The zero-order valence-electron chi connectivity index (χ0n) is 18.0. The number of oxazole rings is 1. The van der Waals surface area contributed by atoms with Crippen LogP contribution >= 0.6 is 0 Å². The molecule has 162 valence electrons. The molecule has 1 fully saturated rings. The van der Waals surface area contributed by atoms with Crippen LogP contribution in [0.4, 0.5) is 5.69 Å². The van der Waals surface area contributed by atoms with Crippen LogP contribution in [-0.2, 0) is 6.54 Å². The minimum Gasteiger partial charge on any atom is -0.497 e. The summed E-state index contributed by atoms with van der Waals surface area (Å²) in [6.07, 6.45) is 1.44. The third-order valence-corrected chi connectivity index (χ3v) is 5.58. The number of ether oxygens (including phenoxy) is 1. The van der Waals surface area contributed by atoms with E-state index in [2.05, 4.69) is 32.2 Å². The van der Waals surface area contributed by atoms with Crippen molar-refractivity contribution in [3.05, 3.63) is 78.0 Å². The number of hydrogen-bond acceptors (Lipinski definition) is 6. The summed E-state index contributed by atoms with van der Waals surface area (Å²) in [7, 11) is 1.68. The second kappa shape index (κ2) is 9.66. The third kappa shape index (κ3) is 5.24. The van der Waals surface area contributed by atoms with E-state index in [1.54, 1.807) is 7.11 Å². The molecule has 1 atom stereocenters. The molecular formula is C24H28N4O3. The van der Waals surface area contributed by atoms with Gasteiger partial charge in [-0.05, 0) is 24.6 Å². The largest absolute Gasteiger partial charge is 0.497 e. The maximum absolute atomic E-state index is 12.5. The molecule has 1 unspecified atom stereocenters. The minimum atomic E-state index is -0.228. The molecule has 1 amide bonds. The Morgan fingerprint density at radius 1 is 1.13 bits per heavy atom. The first-order valence-corrected chi connectivity index (χ1v) is 10.5. The van der Waals surface area contributed by atoms with Crippen molar-refractivity contribution in [2.24, 2.45) is 0 Å². The Morgan fingerprint density at radius 2 is 1.90 bits per heavy atom. The summed E-state index contributed by atoms with van der Waals surface area (Å²) in [6, 6.07) is 17.9. The van der Waals surface area contributed by atoms with Gasteiger partial charge in [-0.25, -0.2) is 4.98 Å². The smallest absolute Gasteiger partial charge is 0.273 e. The van der Waals surface area contributed by atoms with Crippen LogP contribution in [0.15, 0.2) is 65.3 Å². The lowest BCUT2D eigenvalue weighted by molar-refractivity contribution is 0.0934. The fraction of sp³-hybridized carbons (Fsp3) is 0.333. The molecule has 1 aliphatic heterocycles. The van der Waals surface area contributed by atoms with Crippen LogP contribution in [0.5, 0.6) is 5.75 Å². The van der Waals surface area contributed by atoms with Crippen molar-refractivity contribution in [2.45, 2.75) is 19.5 Å². The zero-order valence-corrected chi connectivity index (χ0v) is 18.0. The Labute approximate surface area is 182 Å². The van der Waals surface area contributed by atoms with Crippen molar-refractivity contribution in [1.29, 1.82) is 0 Å². The molecule has 0 saturated carbocycles. The van der Waals surface area contributed by atoms with Crippen molar-refractivity contribution in [2.75, 3.05) is 38.2 Å². The van der Waals surface area contributed by atoms with Crippen LogP contribution in [0.25, 0.3) is 0 Å². The number of nitrogens with zero attached hydrogens (tertiary/aromatic N) is 3. The van der Waals surface area contributed by atoms with Gasteiger partial charge in [-0.2, -0.15) is 0 Å². The summed E-state index contributed by atoms with van der Waals surface area (Å²) in [6.45, 7) is 6.16. The highest BCUT2D eigenvalue weighted by Gasteiger charge is 2.21. The third-order valence-electron chi connectivity index (χ3n) is 5.58. The molecule has 1 aromatic heterocycles. The number of anilines is 1. The summed E-state index contributed by atoms with van der Waals surface area (Å²) in [4.78, 5) is 21.6. The van der Waals surface area contributed by atoms with Gasteiger partial charge in [0.1, 0.15) is 12.0 Å². The average molecular weight is 421 g/mol. The Kier molecular flexibility index (Phi) is 6.52. The van der Waals surface area contributed by atoms with Crippen LogP contribution in [0, 0.1) is 0 Å². The quantitative estimate of drug-likeness (QED) is 0.631. The average Bonchev–Trinajstić information content (AvgIpc) is 3.29. The predicted octanol–water partition coefficient (Wildman–Crippen LogP) is 3.50. The summed E-state index contributed by atoms with van der Waals surface area (Å²) < 4.78 is 10.9. The Balaban J connectivity index is 1.29. The first-order valence-electron chi connectivity index (χ1n) is 10.5. The molecule has 7 heteroatoms. The molecule has 31 heavy (non-hydrogen) atoms. The fourth-order valence-electron chi connectivity index (χ4n) is 3.75. The number of amides is 1. The lowest BCUT2D eigenvalue weighted by atomic mass is 10.1. The van der Waals surface area contributed by atoms with Gasteiger partial charge in [0.25, 0.3) is 5.91 Å². The number of hydrogen-bond donors (Lipinski definition) is 1. The van der Waals surface area contributed by atoms with Gasteiger partial charge in [0.15, 0.2) is 5.69 Å². The minimum absolute atomic E-state index is 0.0986. The molecule has 0 radical (unpaired) electrons. The van der Waals surface area contributed by atoms with Gasteiger partial charge in [-0.1, -0.05) is 36.4 Å². The van der Waals surface area contributed by atoms with Gasteiger partial charge in [0.2, 0.25) is 5.89 Å². The van der Waals surface area contributed by atoms with Crippen molar-refractivity contribution in [1.82, 2.24) is 15.2 Å². The molecule has 2 heterocycles. The van der Waals surface area contributed by atoms with Crippen LogP contribution in [0.2, 0.25) is 0 Å². The van der Waals surface area contributed by atoms with E-state index < -0.39 is 0 Å². The van der Waals surface area contributed by atoms with E-state index in [9.17, 15) is 4.79 Å². The van der Waals surface area contributed by atoms with Crippen LogP contribution < -0.4 is 15.0 Å². The van der Waals surface area contributed by atoms with Crippen molar-refractivity contribution in [3.8, 4) is 5.75 Å². The monoisotopic (exact) mass is 420 g/mol. The molecule has 2 aromatic carbocycles. The van der Waals surface area contributed by atoms with Gasteiger partial charge in [0.05, 0.1) is 19.7 Å². The van der Waals surface area contributed by atoms with E-state index in [0.29, 0.717) is 18.1 Å². The number of carbonyl (C=O) groups is 1. The molecule has 1 saturated heterocycles. The van der Waals surface area contributed by atoms with Crippen LogP contribution in [-0.4, -0.2) is 49.1 Å². The lowest BCUT2D eigenvalue weighted by Crippen LogP contribution is -2.46. The molecule has 0 spiro atoms. The first kappa shape index (κ1) is 20.9. The molecule has 1 aliphatic rings. The van der Waals surface area contributed by atoms with Gasteiger partial charge >= 0.3 is 0 Å². The molecule has 3 aromatic rings. The molecule has 1 N–H and O–H groups in total. The summed E-state index contributed by atoms with van der Waals surface area (Å²) in [5.74, 6) is 1.20. The molecule has 7 nitrogen and oxygen atoms in total. The highest BCUT2D eigenvalue weighted by Crippen LogP contribution is 2.22. The number of carbonyl (C=O) groups excluding carboxylic acids is 1. The second-order valence-electron chi connectivity index (χ2n) is 7.70. The normalized spacial score (nSPS) is 15.5. The molecule has 0 aliphatic carbocycles. The van der Waals surface area contributed by atoms with E-state index >= 15 is 0 Å². The van der Waals surface area contributed by atoms with E-state index in [-0.39, 0.29) is 11.9 Å². The van der Waals surface area contributed by atoms with E-state index in [4.69, 9.17) is 9.15 Å². The maximum Gasteiger partial charge on any atom is 0.273 e. The summed E-state index contributed by atoms with van der Waals surface area (Å²) in [5, 5.41) is 2.97. The number of rotatable bonds is 7. The van der Waals surface area contributed by atoms with E-state index in [0.717, 1.165) is 37.5 Å². The lowest BCUT2D eigenvalue weighted by Gasteiger charge is -2.35. The Bertz CT molecular complexity index is 997. The SMILES string of the molecule is COc1cccc(N2CCN(Cc3nc(C(=O)NC(C)c4ccccc4)co3)CC2)c1. The number of piperazine rings is 1. The van der Waals surface area contributed by atoms with Crippen molar-refractivity contribution < 1.29 is 13.9 Å². The van der Waals surface area contributed by atoms with Gasteiger partial charge in [0, 0.05) is 37.9 Å². The summed E-state index contributed by atoms with van der Waals surface area (Å²) in [5.41, 5.74) is 2.53. The number of benzene rings is 2. The van der Waals surface area contributed by atoms with E-state index in [1.165, 1.54) is 12.0 Å². The topological polar surface area (TPSA) is 70.8 Å². The van der Waals surface area contributed by atoms with Crippen LogP contribution in [0.3, 0.4) is 0 Å². The van der Waals surface area contributed by atoms with Gasteiger partial charge < -0.3 is 19.4 Å². The molecule has 0 bridgehead atoms. The molecular weight excluding hydrogens is 392 g/mol.